The largest absolute Gasteiger partial charge is 0.349 e. The maximum atomic E-state index is 12.3. The van der Waals surface area contributed by atoms with E-state index in [0.29, 0.717) is 31.7 Å². The summed E-state index contributed by atoms with van der Waals surface area (Å²) in [5.74, 6) is -0.123. The molecular weight excluding hydrogens is 294 g/mol. The molecule has 1 aliphatic heterocycles. The van der Waals surface area contributed by atoms with E-state index in [1.54, 1.807) is 41.0 Å². The Bertz CT molecular complexity index is 566. The van der Waals surface area contributed by atoms with Gasteiger partial charge in [-0.15, -0.1) is 0 Å². The van der Waals surface area contributed by atoms with Crippen molar-refractivity contribution in [3.63, 3.8) is 0 Å². The molecule has 0 aromatic heterocycles. The van der Waals surface area contributed by atoms with E-state index in [-0.39, 0.29) is 30.2 Å². The zero-order valence-electron chi connectivity index (χ0n) is 13.6. The number of carbonyl (C=O) groups is 3. The van der Waals surface area contributed by atoms with Crippen LogP contribution in [0.1, 0.15) is 30.6 Å². The SMILES string of the molecule is CC(=O)N1CCN(C(=O)C[C@@H](C)NC(=O)c2ccccc2)CC1. The van der Waals surface area contributed by atoms with Crippen LogP contribution in [-0.4, -0.2) is 59.7 Å². The number of carbonyl (C=O) groups excluding carboxylic acids is 3. The molecule has 0 unspecified atom stereocenters. The first-order chi connectivity index (χ1) is 11.0. The fraction of sp³-hybridized carbons (Fsp3) is 0.471. The van der Waals surface area contributed by atoms with Gasteiger partial charge in [0, 0.05) is 51.1 Å². The van der Waals surface area contributed by atoms with Crippen LogP contribution in [0.25, 0.3) is 0 Å². The molecule has 124 valence electrons. The lowest BCUT2D eigenvalue weighted by molar-refractivity contribution is -0.138. The Kier molecular flexibility index (Phi) is 5.73. The molecule has 3 amide bonds. The molecule has 1 aliphatic rings. The predicted molar refractivity (Wildman–Crippen MR) is 86.8 cm³/mol. The van der Waals surface area contributed by atoms with E-state index in [4.69, 9.17) is 0 Å². The molecule has 6 nitrogen and oxygen atoms in total. The first-order valence-corrected chi connectivity index (χ1v) is 7.86. The van der Waals surface area contributed by atoms with Crippen LogP contribution >= 0.6 is 0 Å². The van der Waals surface area contributed by atoms with Crippen LogP contribution in [0.4, 0.5) is 0 Å². The minimum atomic E-state index is -0.235. The first kappa shape index (κ1) is 17.0. The summed E-state index contributed by atoms with van der Waals surface area (Å²) >= 11 is 0. The van der Waals surface area contributed by atoms with Gasteiger partial charge in [-0.05, 0) is 19.1 Å². The maximum absolute atomic E-state index is 12.3. The molecule has 1 aromatic carbocycles. The van der Waals surface area contributed by atoms with Gasteiger partial charge in [0.15, 0.2) is 0 Å². The standard InChI is InChI=1S/C17H23N3O3/c1-13(18-17(23)15-6-4-3-5-7-15)12-16(22)20-10-8-19(9-11-20)14(2)21/h3-7,13H,8-12H2,1-2H3,(H,18,23)/t13-/m1/s1. The third kappa shape index (κ3) is 4.81. The molecular formula is C17H23N3O3. The topological polar surface area (TPSA) is 69.7 Å². The second kappa shape index (κ2) is 7.76. The summed E-state index contributed by atoms with van der Waals surface area (Å²) in [7, 11) is 0. The molecule has 1 saturated heterocycles. The highest BCUT2D eigenvalue weighted by molar-refractivity contribution is 5.94. The number of nitrogens with one attached hydrogen (secondary N) is 1. The summed E-state index contributed by atoms with van der Waals surface area (Å²) in [5.41, 5.74) is 0.585. The zero-order chi connectivity index (χ0) is 16.8. The van der Waals surface area contributed by atoms with Crippen LogP contribution < -0.4 is 5.32 Å². The van der Waals surface area contributed by atoms with Gasteiger partial charge in [0.05, 0.1) is 0 Å². The van der Waals surface area contributed by atoms with Crippen LogP contribution in [-0.2, 0) is 9.59 Å². The molecule has 1 atom stereocenters. The monoisotopic (exact) mass is 317 g/mol. The predicted octanol–water partition coefficient (Wildman–Crippen LogP) is 0.886. The molecule has 0 aliphatic carbocycles. The van der Waals surface area contributed by atoms with E-state index in [0.717, 1.165) is 0 Å². The summed E-state index contributed by atoms with van der Waals surface area (Å²) in [6, 6.07) is 8.71. The van der Waals surface area contributed by atoms with Gasteiger partial charge in [0.2, 0.25) is 11.8 Å². The van der Waals surface area contributed by atoms with Gasteiger partial charge in [-0.2, -0.15) is 0 Å². The Labute approximate surface area is 136 Å². The first-order valence-electron chi connectivity index (χ1n) is 7.86. The number of benzene rings is 1. The molecule has 1 N–H and O–H groups in total. The fourth-order valence-electron chi connectivity index (χ4n) is 2.61. The maximum Gasteiger partial charge on any atom is 0.251 e. The van der Waals surface area contributed by atoms with Crippen molar-refractivity contribution in [3.8, 4) is 0 Å². The van der Waals surface area contributed by atoms with Gasteiger partial charge in [-0.3, -0.25) is 14.4 Å². The van der Waals surface area contributed by atoms with E-state index in [1.165, 1.54) is 0 Å². The van der Waals surface area contributed by atoms with E-state index in [1.807, 2.05) is 13.0 Å². The van der Waals surface area contributed by atoms with Crippen molar-refractivity contribution in [2.24, 2.45) is 0 Å². The summed E-state index contributed by atoms with van der Waals surface area (Å²) in [6.07, 6.45) is 0.263. The molecule has 0 spiro atoms. The van der Waals surface area contributed by atoms with Crippen molar-refractivity contribution in [2.75, 3.05) is 26.2 Å². The second-order valence-corrected chi connectivity index (χ2v) is 5.83. The highest BCUT2D eigenvalue weighted by Crippen LogP contribution is 2.06. The summed E-state index contributed by atoms with van der Waals surface area (Å²) in [5, 5.41) is 2.84. The lowest BCUT2D eigenvalue weighted by Gasteiger charge is -2.34. The van der Waals surface area contributed by atoms with Crippen LogP contribution in [0.2, 0.25) is 0 Å². The lowest BCUT2D eigenvalue weighted by atomic mass is 10.1. The van der Waals surface area contributed by atoms with E-state index >= 15 is 0 Å². The van der Waals surface area contributed by atoms with Gasteiger partial charge >= 0.3 is 0 Å². The average molecular weight is 317 g/mol. The smallest absolute Gasteiger partial charge is 0.251 e. The van der Waals surface area contributed by atoms with Crippen LogP contribution in [0.15, 0.2) is 30.3 Å². The van der Waals surface area contributed by atoms with Crippen molar-refractivity contribution in [1.29, 1.82) is 0 Å². The number of hydrogen-bond donors (Lipinski definition) is 1. The molecule has 1 heterocycles. The fourth-order valence-corrected chi connectivity index (χ4v) is 2.61. The number of nitrogens with zero attached hydrogens (tertiary/aromatic N) is 2. The summed E-state index contributed by atoms with van der Waals surface area (Å²) < 4.78 is 0. The minimum absolute atomic E-state index is 0.00839. The summed E-state index contributed by atoms with van der Waals surface area (Å²) in [4.78, 5) is 39.1. The van der Waals surface area contributed by atoms with Crippen molar-refractivity contribution in [2.45, 2.75) is 26.3 Å². The Hall–Kier alpha value is -2.37. The molecule has 0 bridgehead atoms. The normalized spacial score (nSPS) is 15.9. The Morgan fingerprint density at radius 2 is 1.61 bits per heavy atom. The highest BCUT2D eigenvalue weighted by Gasteiger charge is 2.23. The number of rotatable bonds is 4. The molecule has 2 rings (SSSR count). The highest BCUT2D eigenvalue weighted by atomic mass is 16.2. The molecule has 0 radical (unpaired) electrons. The number of amides is 3. The van der Waals surface area contributed by atoms with Gasteiger partial charge in [-0.1, -0.05) is 18.2 Å². The van der Waals surface area contributed by atoms with Gasteiger partial charge in [0.25, 0.3) is 5.91 Å². The average Bonchev–Trinajstić information content (AvgIpc) is 2.55. The quantitative estimate of drug-likeness (QED) is 0.896. The van der Waals surface area contributed by atoms with Crippen molar-refractivity contribution >= 4 is 17.7 Å². The number of hydrogen-bond acceptors (Lipinski definition) is 3. The minimum Gasteiger partial charge on any atom is -0.349 e. The van der Waals surface area contributed by atoms with E-state index in [9.17, 15) is 14.4 Å². The Morgan fingerprint density at radius 3 is 2.17 bits per heavy atom. The van der Waals surface area contributed by atoms with E-state index in [2.05, 4.69) is 5.32 Å². The second-order valence-electron chi connectivity index (χ2n) is 5.83. The summed E-state index contributed by atoms with van der Waals surface area (Å²) in [6.45, 7) is 5.62. The van der Waals surface area contributed by atoms with Crippen molar-refractivity contribution in [1.82, 2.24) is 15.1 Å². The lowest BCUT2D eigenvalue weighted by Crippen LogP contribution is -2.51. The molecule has 6 heteroatoms. The van der Waals surface area contributed by atoms with Crippen LogP contribution in [0.3, 0.4) is 0 Å². The Balaban J connectivity index is 1.79. The third-order valence-electron chi connectivity index (χ3n) is 3.97. The zero-order valence-corrected chi connectivity index (χ0v) is 13.6. The van der Waals surface area contributed by atoms with Crippen LogP contribution in [0, 0.1) is 0 Å². The van der Waals surface area contributed by atoms with Gasteiger partial charge < -0.3 is 15.1 Å². The van der Waals surface area contributed by atoms with Crippen molar-refractivity contribution in [3.05, 3.63) is 35.9 Å². The van der Waals surface area contributed by atoms with Crippen LogP contribution in [0.5, 0.6) is 0 Å². The van der Waals surface area contributed by atoms with Gasteiger partial charge in [-0.25, -0.2) is 0 Å². The molecule has 0 saturated carbocycles. The molecule has 23 heavy (non-hydrogen) atoms. The number of piperazine rings is 1. The van der Waals surface area contributed by atoms with Crippen molar-refractivity contribution < 1.29 is 14.4 Å². The van der Waals surface area contributed by atoms with E-state index < -0.39 is 0 Å². The third-order valence-corrected chi connectivity index (χ3v) is 3.97. The Morgan fingerprint density at radius 1 is 1.04 bits per heavy atom. The molecule has 1 aromatic rings. The molecule has 1 fully saturated rings. The van der Waals surface area contributed by atoms with Gasteiger partial charge in [0.1, 0.15) is 0 Å².